The zero-order valence-electron chi connectivity index (χ0n) is 14.3. The molecule has 128 valence electrons. The lowest BCUT2D eigenvalue weighted by atomic mass is 9.97. The Morgan fingerprint density at radius 2 is 2.00 bits per heavy atom. The Hall–Kier alpha value is -2.94. The van der Waals surface area contributed by atoms with Crippen LogP contribution in [0.25, 0.3) is 0 Å². The number of nitrogens with zero attached hydrogens (tertiary/aromatic N) is 4. The van der Waals surface area contributed by atoms with E-state index in [0.717, 1.165) is 31.5 Å². The van der Waals surface area contributed by atoms with Crippen LogP contribution >= 0.6 is 0 Å². The number of piperidine rings is 1. The summed E-state index contributed by atoms with van der Waals surface area (Å²) in [5, 5.41) is 3.06. The number of rotatable bonds is 3. The maximum atomic E-state index is 11.7. The summed E-state index contributed by atoms with van der Waals surface area (Å²) in [6.07, 6.45) is 7.52. The highest BCUT2D eigenvalue weighted by Gasteiger charge is 2.20. The normalized spacial score (nSPS) is 14.5. The molecule has 0 aliphatic carbocycles. The van der Waals surface area contributed by atoms with Crippen LogP contribution in [0.4, 0.5) is 11.8 Å². The predicted octanol–water partition coefficient (Wildman–Crippen LogP) is 2.62. The summed E-state index contributed by atoms with van der Waals surface area (Å²) in [5.74, 6) is 8.30. The van der Waals surface area contributed by atoms with Crippen LogP contribution in [0.3, 0.4) is 0 Å². The van der Waals surface area contributed by atoms with Gasteiger partial charge < -0.3 is 10.2 Å². The lowest BCUT2D eigenvalue weighted by Crippen LogP contribution is -2.37. The second-order valence-electron chi connectivity index (χ2n) is 5.91. The van der Waals surface area contributed by atoms with Gasteiger partial charge in [0.25, 0.3) is 0 Å². The Kier molecular flexibility index (Phi) is 5.57. The minimum absolute atomic E-state index is 0.236. The molecule has 0 aromatic carbocycles. The molecule has 25 heavy (non-hydrogen) atoms. The molecule has 1 saturated heterocycles. The molecule has 3 heterocycles. The van der Waals surface area contributed by atoms with Crippen LogP contribution in [0.5, 0.6) is 0 Å². The smallest absolute Gasteiger partial charge is 0.228 e. The molecule has 1 amide bonds. The van der Waals surface area contributed by atoms with E-state index in [1.165, 1.54) is 0 Å². The van der Waals surface area contributed by atoms with Crippen LogP contribution in [0.1, 0.15) is 31.7 Å². The number of carbonyl (C=O) groups excluding carboxylic acids is 1. The fourth-order valence-electron chi connectivity index (χ4n) is 2.74. The highest BCUT2D eigenvalue weighted by atomic mass is 16.2. The zero-order valence-corrected chi connectivity index (χ0v) is 14.3. The van der Waals surface area contributed by atoms with Crippen molar-refractivity contribution in [3.05, 3.63) is 42.4 Å². The number of carbonyl (C=O) groups is 1. The molecule has 1 aliphatic rings. The first-order valence-electron chi connectivity index (χ1n) is 8.54. The van der Waals surface area contributed by atoms with Gasteiger partial charge in [0.15, 0.2) is 0 Å². The average molecular weight is 335 g/mol. The molecule has 6 nitrogen and oxygen atoms in total. The largest absolute Gasteiger partial charge is 0.343 e. The molecule has 2 aromatic heterocycles. The van der Waals surface area contributed by atoms with Crippen molar-refractivity contribution in [3.63, 3.8) is 0 Å². The Labute approximate surface area is 147 Å². The molecule has 3 rings (SSSR count). The number of pyridine rings is 1. The zero-order chi connectivity index (χ0) is 17.5. The number of hydrogen-bond donors (Lipinski definition) is 1. The first-order chi connectivity index (χ1) is 12.2. The lowest BCUT2D eigenvalue weighted by molar-refractivity contribution is -0.132. The van der Waals surface area contributed by atoms with Crippen molar-refractivity contribution < 1.29 is 4.79 Å². The van der Waals surface area contributed by atoms with E-state index >= 15 is 0 Å². The number of hydrogen-bond acceptors (Lipinski definition) is 5. The number of anilines is 2. The molecular formula is C19H21N5O. The van der Waals surface area contributed by atoms with Crippen LogP contribution in [0.15, 0.2) is 36.8 Å². The van der Waals surface area contributed by atoms with E-state index < -0.39 is 0 Å². The van der Waals surface area contributed by atoms with Gasteiger partial charge in [-0.15, -0.1) is 0 Å². The lowest BCUT2D eigenvalue weighted by Gasteiger charge is -2.29. The van der Waals surface area contributed by atoms with E-state index in [2.05, 4.69) is 32.1 Å². The minimum Gasteiger partial charge on any atom is -0.343 e. The van der Waals surface area contributed by atoms with Gasteiger partial charge in [-0.3, -0.25) is 4.79 Å². The van der Waals surface area contributed by atoms with E-state index in [-0.39, 0.29) is 5.91 Å². The van der Waals surface area contributed by atoms with Gasteiger partial charge in [-0.05, 0) is 31.0 Å². The number of likely N-dealkylation sites (tertiary alicyclic amines) is 1. The highest BCUT2D eigenvalue weighted by molar-refractivity contribution is 5.75. The molecule has 0 unspecified atom stereocenters. The standard InChI is InChI=1S/C19H21N5O/c1-2-18(25)24-12-7-15(8-13-24)4-5-16-6-11-20-17(14-16)23-19-21-9-3-10-22-19/h3,6,9-11,14-15H,2,7-8,12-13H2,1H3,(H,20,21,22,23). The number of aromatic nitrogens is 3. The second kappa shape index (κ2) is 8.25. The van der Waals surface area contributed by atoms with E-state index in [1.54, 1.807) is 24.7 Å². The van der Waals surface area contributed by atoms with Crippen LogP contribution in [-0.2, 0) is 4.79 Å². The minimum atomic E-state index is 0.236. The van der Waals surface area contributed by atoms with Gasteiger partial charge in [-0.1, -0.05) is 18.8 Å². The van der Waals surface area contributed by atoms with Gasteiger partial charge in [0.2, 0.25) is 11.9 Å². The summed E-state index contributed by atoms with van der Waals surface area (Å²) >= 11 is 0. The maximum absolute atomic E-state index is 11.7. The van der Waals surface area contributed by atoms with Crippen molar-refractivity contribution in [3.8, 4) is 11.8 Å². The van der Waals surface area contributed by atoms with Crippen molar-refractivity contribution in [2.75, 3.05) is 18.4 Å². The third-order valence-corrected chi connectivity index (χ3v) is 4.14. The predicted molar refractivity (Wildman–Crippen MR) is 96.0 cm³/mol. The molecule has 0 atom stereocenters. The van der Waals surface area contributed by atoms with E-state index in [0.29, 0.717) is 24.1 Å². The molecular weight excluding hydrogens is 314 g/mol. The van der Waals surface area contributed by atoms with Crippen molar-refractivity contribution in [1.82, 2.24) is 19.9 Å². The van der Waals surface area contributed by atoms with Gasteiger partial charge in [-0.25, -0.2) is 15.0 Å². The van der Waals surface area contributed by atoms with Crippen LogP contribution in [-0.4, -0.2) is 38.8 Å². The van der Waals surface area contributed by atoms with Crippen molar-refractivity contribution >= 4 is 17.7 Å². The Bertz CT molecular complexity index is 773. The molecule has 1 N–H and O–H groups in total. The van der Waals surface area contributed by atoms with Crippen molar-refractivity contribution in [1.29, 1.82) is 0 Å². The van der Waals surface area contributed by atoms with Gasteiger partial charge in [-0.2, -0.15) is 0 Å². The first-order valence-corrected chi connectivity index (χ1v) is 8.54. The molecule has 2 aromatic rings. The highest BCUT2D eigenvalue weighted by Crippen LogP contribution is 2.17. The molecule has 6 heteroatoms. The first kappa shape index (κ1) is 16.9. The van der Waals surface area contributed by atoms with Gasteiger partial charge in [0, 0.05) is 49.6 Å². The third-order valence-electron chi connectivity index (χ3n) is 4.14. The van der Waals surface area contributed by atoms with Crippen molar-refractivity contribution in [2.24, 2.45) is 5.92 Å². The molecule has 1 fully saturated rings. The fraction of sp³-hybridized carbons (Fsp3) is 0.368. The summed E-state index contributed by atoms with van der Waals surface area (Å²) in [4.78, 5) is 26.2. The number of nitrogens with one attached hydrogen (secondary N) is 1. The van der Waals surface area contributed by atoms with Crippen LogP contribution in [0, 0.1) is 17.8 Å². The summed E-state index contributed by atoms with van der Waals surface area (Å²) in [6, 6.07) is 5.54. The molecule has 0 saturated carbocycles. The van der Waals surface area contributed by atoms with Crippen LogP contribution in [0.2, 0.25) is 0 Å². The third kappa shape index (κ3) is 4.77. The Morgan fingerprint density at radius 1 is 1.24 bits per heavy atom. The topological polar surface area (TPSA) is 71.0 Å². The Morgan fingerprint density at radius 3 is 2.72 bits per heavy atom. The SMILES string of the molecule is CCC(=O)N1CCC(C#Cc2ccnc(Nc3ncccn3)c2)CC1. The molecule has 0 bridgehead atoms. The number of amides is 1. The van der Waals surface area contributed by atoms with Gasteiger partial charge in [0.05, 0.1) is 0 Å². The Balaban J connectivity index is 1.60. The molecule has 0 radical (unpaired) electrons. The van der Waals surface area contributed by atoms with E-state index in [4.69, 9.17) is 0 Å². The fourth-order valence-corrected chi connectivity index (χ4v) is 2.74. The second-order valence-corrected chi connectivity index (χ2v) is 5.91. The van der Waals surface area contributed by atoms with Gasteiger partial charge in [0.1, 0.15) is 5.82 Å². The quantitative estimate of drug-likeness (QED) is 0.873. The summed E-state index contributed by atoms with van der Waals surface area (Å²) < 4.78 is 0. The van der Waals surface area contributed by atoms with E-state index in [9.17, 15) is 4.79 Å². The summed E-state index contributed by atoms with van der Waals surface area (Å²) in [6.45, 7) is 3.52. The summed E-state index contributed by atoms with van der Waals surface area (Å²) in [7, 11) is 0. The molecule has 1 aliphatic heterocycles. The van der Waals surface area contributed by atoms with Crippen LogP contribution < -0.4 is 5.32 Å². The average Bonchev–Trinajstić information content (AvgIpc) is 2.67. The van der Waals surface area contributed by atoms with Gasteiger partial charge >= 0.3 is 0 Å². The monoisotopic (exact) mass is 335 g/mol. The molecule has 0 spiro atoms. The van der Waals surface area contributed by atoms with E-state index in [1.807, 2.05) is 24.0 Å². The maximum Gasteiger partial charge on any atom is 0.228 e. The summed E-state index contributed by atoms with van der Waals surface area (Å²) in [5.41, 5.74) is 0.903. The van der Waals surface area contributed by atoms with Crippen molar-refractivity contribution in [2.45, 2.75) is 26.2 Å².